The maximum Gasteiger partial charge on any atom is 0.144 e. The minimum atomic E-state index is 0.626. The zero-order valence-corrected chi connectivity index (χ0v) is 13.2. The summed E-state index contributed by atoms with van der Waals surface area (Å²) >= 11 is 0. The van der Waals surface area contributed by atoms with Gasteiger partial charge in [0.25, 0.3) is 0 Å². The number of pyridine rings is 1. The lowest BCUT2D eigenvalue weighted by molar-refractivity contribution is 0.191. The van der Waals surface area contributed by atoms with Crippen LogP contribution in [0, 0.1) is 18.3 Å². The summed E-state index contributed by atoms with van der Waals surface area (Å²) in [6.07, 6.45) is 7.94. The molecule has 0 aromatic carbocycles. The quantitative estimate of drug-likeness (QED) is 0.815. The van der Waals surface area contributed by atoms with Gasteiger partial charge in [-0.25, -0.2) is 4.98 Å². The first-order valence-corrected chi connectivity index (χ1v) is 8.02. The summed E-state index contributed by atoms with van der Waals surface area (Å²) < 4.78 is 0. The van der Waals surface area contributed by atoms with Gasteiger partial charge < -0.3 is 10.2 Å². The summed E-state index contributed by atoms with van der Waals surface area (Å²) in [5, 5.41) is 12.4. The number of nitriles is 1. The van der Waals surface area contributed by atoms with Crippen LogP contribution in [0.4, 0.5) is 5.82 Å². The smallest absolute Gasteiger partial charge is 0.144 e. The molecule has 4 heteroatoms. The van der Waals surface area contributed by atoms with E-state index in [4.69, 9.17) is 5.26 Å². The molecule has 1 saturated carbocycles. The lowest BCUT2D eigenvalue weighted by atomic mass is 9.94. The molecule has 0 saturated heterocycles. The highest BCUT2D eigenvalue weighted by molar-refractivity contribution is 5.52. The molecule has 2 rings (SSSR count). The Hall–Kier alpha value is -1.60. The Bertz CT molecular complexity index is 486. The van der Waals surface area contributed by atoms with Crippen LogP contribution >= 0.6 is 0 Å². The predicted molar refractivity (Wildman–Crippen MR) is 86.3 cm³/mol. The van der Waals surface area contributed by atoms with Crippen LogP contribution in [-0.2, 0) is 0 Å². The highest BCUT2D eigenvalue weighted by atomic mass is 15.1. The number of nitrogens with zero attached hydrogens (tertiary/aromatic N) is 3. The molecular formula is C17H26N4. The topological polar surface area (TPSA) is 52.0 Å². The van der Waals surface area contributed by atoms with Crippen LogP contribution < -0.4 is 5.32 Å². The number of anilines is 1. The van der Waals surface area contributed by atoms with E-state index in [9.17, 15) is 0 Å². The van der Waals surface area contributed by atoms with Gasteiger partial charge in [0, 0.05) is 18.3 Å². The van der Waals surface area contributed by atoms with Crippen LogP contribution in [-0.4, -0.2) is 36.1 Å². The molecule has 1 N–H and O–H groups in total. The van der Waals surface area contributed by atoms with E-state index < -0.39 is 0 Å². The Morgan fingerprint density at radius 1 is 1.33 bits per heavy atom. The molecule has 114 valence electrons. The van der Waals surface area contributed by atoms with Crippen LogP contribution in [0.3, 0.4) is 0 Å². The standard InChI is InChI=1S/C17H26N4/c1-14-9-10-15(13-18)17(20-14)19-11-6-12-21(2)16-7-4-3-5-8-16/h9-10,16H,3-8,11-12H2,1-2H3,(H,19,20). The number of aryl methyl sites for hydroxylation is 1. The Balaban J connectivity index is 1.74. The predicted octanol–water partition coefficient (Wildman–Crippen LogP) is 3.33. The Morgan fingerprint density at radius 3 is 2.81 bits per heavy atom. The maximum absolute atomic E-state index is 9.09. The second-order valence-corrected chi connectivity index (χ2v) is 6.01. The third-order valence-corrected chi connectivity index (χ3v) is 4.33. The third kappa shape index (κ3) is 4.71. The van der Waals surface area contributed by atoms with Gasteiger partial charge in [0.1, 0.15) is 11.9 Å². The van der Waals surface area contributed by atoms with Crippen LogP contribution in [0.2, 0.25) is 0 Å². The molecule has 0 bridgehead atoms. The number of nitrogens with one attached hydrogen (secondary N) is 1. The molecule has 21 heavy (non-hydrogen) atoms. The van der Waals surface area contributed by atoms with E-state index in [0.717, 1.165) is 37.1 Å². The lowest BCUT2D eigenvalue weighted by Gasteiger charge is -2.31. The van der Waals surface area contributed by atoms with Gasteiger partial charge in [0.15, 0.2) is 0 Å². The highest BCUT2D eigenvalue weighted by Crippen LogP contribution is 2.21. The van der Waals surface area contributed by atoms with E-state index in [2.05, 4.69) is 28.3 Å². The summed E-state index contributed by atoms with van der Waals surface area (Å²) in [5.74, 6) is 0.720. The minimum absolute atomic E-state index is 0.626. The summed E-state index contributed by atoms with van der Waals surface area (Å²) in [4.78, 5) is 6.90. The van der Waals surface area contributed by atoms with Crippen molar-refractivity contribution in [3.63, 3.8) is 0 Å². The molecule has 0 atom stereocenters. The van der Waals surface area contributed by atoms with Gasteiger partial charge in [-0.1, -0.05) is 19.3 Å². The van der Waals surface area contributed by atoms with Crippen molar-refractivity contribution in [1.82, 2.24) is 9.88 Å². The molecule has 1 aromatic rings. The van der Waals surface area contributed by atoms with Crippen molar-refractivity contribution < 1.29 is 0 Å². The van der Waals surface area contributed by atoms with E-state index in [-0.39, 0.29) is 0 Å². The molecule has 0 amide bonds. The highest BCUT2D eigenvalue weighted by Gasteiger charge is 2.17. The van der Waals surface area contributed by atoms with Crippen molar-refractivity contribution in [1.29, 1.82) is 5.26 Å². The zero-order chi connectivity index (χ0) is 15.1. The molecule has 1 aromatic heterocycles. The summed E-state index contributed by atoms with van der Waals surface area (Å²) in [5.41, 5.74) is 1.57. The average Bonchev–Trinajstić information content (AvgIpc) is 2.52. The van der Waals surface area contributed by atoms with E-state index in [1.165, 1.54) is 32.1 Å². The van der Waals surface area contributed by atoms with E-state index in [1.807, 2.05) is 19.1 Å². The first kappa shape index (κ1) is 15.8. The van der Waals surface area contributed by atoms with Gasteiger partial charge in [-0.2, -0.15) is 5.26 Å². The average molecular weight is 286 g/mol. The molecule has 0 spiro atoms. The van der Waals surface area contributed by atoms with E-state index >= 15 is 0 Å². The number of hydrogen-bond donors (Lipinski definition) is 1. The lowest BCUT2D eigenvalue weighted by Crippen LogP contribution is -2.34. The first-order valence-electron chi connectivity index (χ1n) is 8.02. The SMILES string of the molecule is Cc1ccc(C#N)c(NCCCN(C)C2CCCCC2)n1. The van der Waals surface area contributed by atoms with Gasteiger partial charge in [0.05, 0.1) is 5.56 Å². The molecule has 1 fully saturated rings. The Morgan fingerprint density at radius 2 is 2.10 bits per heavy atom. The van der Waals surface area contributed by atoms with Crippen LogP contribution in [0.15, 0.2) is 12.1 Å². The van der Waals surface area contributed by atoms with Crippen molar-refractivity contribution in [3.05, 3.63) is 23.4 Å². The van der Waals surface area contributed by atoms with Crippen molar-refractivity contribution in [2.24, 2.45) is 0 Å². The summed E-state index contributed by atoms with van der Waals surface area (Å²) in [7, 11) is 2.24. The Kier molecular flexibility index (Phi) is 6.01. The fraction of sp³-hybridized carbons (Fsp3) is 0.647. The van der Waals surface area contributed by atoms with Gasteiger partial charge in [-0.05, 0) is 51.9 Å². The zero-order valence-electron chi connectivity index (χ0n) is 13.2. The van der Waals surface area contributed by atoms with Gasteiger partial charge in [0.2, 0.25) is 0 Å². The second-order valence-electron chi connectivity index (χ2n) is 6.01. The molecular weight excluding hydrogens is 260 g/mol. The monoisotopic (exact) mass is 286 g/mol. The Labute approximate surface area is 128 Å². The van der Waals surface area contributed by atoms with Gasteiger partial charge in [-0.3, -0.25) is 0 Å². The minimum Gasteiger partial charge on any atom is -0.369 e. The first-order chi connectivity index (χ1) is 10.2. The summed E-state index contributed by atoms with van der Waals surface area (Å²) in [6, 6.07) is 6.67. The molecule has 4 nitrogen and oxygen atoms in total. The molecule has 1 aliphatic carbocycles. The second kappa shape index (κ2) is 7.99. The fourth-order valence-electron chi connectivity index (χ4n) is 3.02. The van der Waals surface area contributed by atoms with Crippen LogP contribution in [0.1, 0.15) is 49.8 Å². The van der Waals surface area contributed by atoms with Gasteiger partial charge in [-0.15, -0.1) is 0 Å². The summed E-state index contributed by atoms with van der Waals surface area (Å²) in [6.45, 7) is 3.91. The van der Waals surface area contributed by atoms with Crippen molar-refractivity contribution in [2.45, 2.75) is 51.5 Å². The largest absolute Gasteiger partial charge is 0.369 e. The van der Waals surface area contributed by atoms with Crippen molar-refractivity contribution >= 4 is 5.82 Å². The van der Waals surface area contributed by atoms with Gasteiger partial charge >= 0.3 is 0 Å². The normalized spacial score (nSPS) is 15.9. The molecule has 1 aliphatic rings. The third-order valence-electron chi connectivity index (χ3n) is 4.33. The van der Waals surface area contributed by atoms with E-state index in [0.29, 0.717) is 5.56 Å². The van der Waals surface area contributed by atoms with Crippen molar-refractivity contribution in [2.75, 3.05) is 25.5 Å². The molecule has 0 unspecified atom stereocenters. The van der Waals surface area contributed by atoms with Crippen LogP contribution in [0.5, 0.6) is 0 Å². The molecule has 1 heterocycles. The van der Waals surface area contributed by atoms with Crippen LogP contribution in [0.25, 0.3) is 0 Å². The molecule has 0 aliphatic heterocycles. The fourth-order valence-corrected chi connectivity index (χ4v) is 3.02. The van der Waals surface area contributed by atoms with E-state index in [1.54, 1.807) is 0 Å². The maximum atomic E-state index is 9.09. The number of aromatic nitrogens is 1. The number of rotatable bonds is 6. The number of hydrogen-bond acceptors (Lipinski definition) is 4. The molecule has 0 radical (unpaired) electrons. The van der Waals surface area contributed by atoms with Crippen molar-refractivity contribution in [3.8, 4) is 6.07 Å².